The summed E-state index contributed by atoms with van der Waals surface area (Å²) < 4.78 is 0. The Balaban J connectivity index is 1.52. The van der Waals surface area contributed by atoms with Crippen molar-refractivity contribution >= 4 is 17.5 Å². The average molecular weight is 276 g/mol. The molecule has 0 aromatic heterocycles. The summed E-state index contributed by atoms with van der Waals surface area (Å²) in [5.41, 5.74) is 2.79. The van der Waals surface area contributed by atoms with E-state index < -0.39 is 0 Å². The normalized spacial score (nSPS) is 33.0. The summed E-state index contributed by atoms with van der Waals surface area (Å²) >= 11 is 5.94. The summed E-state index contributed by atoms with van der Waals surface area (Å²) in [4.78, 5) is 12.4. The minimum absolute atomic E-state index is 0.0656. The molecular formula is C16H18ClNO. The van der Waals surface area contributed by atoms with Gasteiger partial charge in [0.05, 0.1) is 5.54 Å². The first-order chi connectivity index (χ1) is 9.24. The number of carbonyl (C=O) groups excluding carboxylic acids is 1. The third kappa shape index (κ3) is 1.80. The number of carbonyl (C=O) groups is 1. The molecule has 3 heteroatoms. The topological polar surface area (TPSA) is 29.1 Å². The zero-order chi connectivity index (χ0) is 13.0. The SMILES string of the molecule is O=C(NC1(CCl)CC1)C1C2CCc3ccccc3C21. The van der Waals surface area contributed by atoms with E-state index in [0.29, 0.717) is 17.7 Å². The molecule has 1 aromatic carbocycles. The molecule has 0 radical (unpaired) electrons. The van der Waals surface area contributed by atoms with Crippen LogP contribution in [0, 0.1) is 11.8 Å². The number of alkyl halides is 1. The van der Waals surface area contributed by atoms with E-state index in [-0.39, 0.29) is 17.4 Å². The highest BCUT2D eigenvalue weighted by atomic mass is 35.5. The Hall–Kier alpha value is -1.02. The third-order valence-electron chi connectivity index (χ3n) is 5.13. The predicted molar refractivity (Wildman–Crippen MR) is 75.3 cm³/mol. The van der Waals surface area contributed by atoms with Gasteiger partial charge in [-0.2, -0.15) is 0 Å². The van der Waals surface area contributed by atoms with Crippen molar-refractivity contribution < 1.29 is 4.79 Å². The summed E-state index contributed by atoms with van der Waals surface area (Å²) in [6, 6.07) is 8.60. The largest absolute Gasteiger partial charge is 0.349 e. The molecule has 1 amide bonds. The second-order valence-corrected chi connectivity index (χ2v) is 6.62. The van der Waals surface area contributed by atoms with Crippen molar-refractivity contribution in [1.82, 2.24) is 5.32 Å². The summed E-state index contributed by atoms with van der Waals surface area (Å²) in [5.74, 6) is 2.03. The van der Waals surface area contributed by atoms with Gasteiger partial charge < -0.3 is 5.32 Å². The van der Waals surface area contributed by atoms with Crippen LogP contribution in [0.25, 0.3) is 0 Å². The quantitative estimate of drug-likeness (QED) is 0.845. The second-order valence-electron chi connectivity index (χ2n) is 6.36. The Labute approximate surface area is 118 Å². The van der Waals surface area contributed by atoms with Crippen LogP contribution in [0.3, 0.4) is 0 Å². The summed E-state index contributed by atoms with van der Waals surface area (Å²) in [7, 11) is 0. The standard InChI is InChI=1S/C16H18ClNO/c17-9-16(7-8-16)18-15(19)14-12-6-5-10-3-1-2-4-11(10)13(12)14/h1-4,12-14H,5-9H2,(H,18,19). The Morgan fingerprint density at radius 1 is 1.37 bits per heavy atom. The number of fused-ring (bicyclic) bond motifs is 3. The van der Waals surface area contributed by atoms with Gasteiger partial charge in [-0.3, -0.25) is 4.79 Å². The van der Waals surface area contributed by atoms with Crippen molar-refractivity contribution in [3.63, 3.8) is 0 Å². The van der Waals surface area contributed by atoms with Gasteiger partial charge in [0, 0.05) is 11.8 Å². The van der Waals surface area contributed by atoms with Crippen LogP contribution in [-0.2, 0) is 11.2 Å². The van der Waals surface area contributed by atoms with E-state index in [0.717, 1.165) is 25.7 Å². The number of amides is 1. The van der Waals surface area contributed by atoms with Crippen molar-refractivity contribution in [3.05, 3.63) is 35.4 Å². The van der Waals surface area contributed by atoms with Gasteiger partial charge in [-0.05, 0) is 48.6 Å². The lowest BCUT2D eigenvalue weighted by atomic mass is 9.92. The first-order valence-electron chi connectivity index (χ1n) is 7.20. The Morgan fingerprint density at radius 3 is 2.89 bits per heavy atom. The number of rotatable bonds is 3. The minimum Gasteiger partial charge on any atom is -0.349 e. The van der Waals surface area contributed by atoms with Crippen molar-refractivity contribution in [2.45, 2.75) is 37.1 Å². The smallest absolute Gasteiger partial charge is 0.224 e. The molecule has 0 saturated heterocycles. The molecule has 1 N–H and O–H groups in total. The molecular weight excluding hydrogens is 258 g/mol. The first-order valence-corrected chi connectivity index (χ1v) is 7.73. The molecule has 3 aliphatic rings. The molecule has 4 rings (SSSR count). The van der Waals surface area contributed by atoms with E-state index in [1.807, 2.05) is 0 Å². The van der Waals surface area contributed by atoms with Crippen molar-refractivity contribution in [2.75, 3.05) is 5.88 Å². The zero-order valence-corrected chi connectivity index (χ0v) is 11.6. The third-order valence-corrected chi connectivity index (χ3v) is 5.64. The van der Waals surface area contributed by atoms with Crippen LogP contribution in [0.15, 0.2) is 24.3 Å². The van der Waals surface area contributed by atoms with Crippen LogP contribution in [0.1, 0.15) is 36.3 Å². The van der Waals surface area contributed by atoms with Crippen LogP contribution in [-0.4, -0.2) is 17.3 Å². The molecule has 0 heterocycles. The lowest BCUT2D eigenvalue weighted by molar-refractivity contribution is -0.123. The van der Waals surface area contributed by atoms with Gasteiger partial charge in [0.1, 0.15) is 0 Å². The Morgan fingerprint density at radius 2 is 2.16 bits per heavy atom. The summed E-state index contributed by atoms with van der Waals surface area (Å²) in [6.45, 7) is 0. The van der Waals surface area contributed by atoms with Gasteiger partial charge in [-0.25, -0.2) is 0 Å². The van der Waals surface area contributed by atoms with Crippen molar-refractivity contribution in [1.29, 1.82) is 0 Å². The predicted octanol–water partition coefficient (Wildman–Crippen LogP) is 2.85. The highest BCUT2D eigenvalue weighted by Crippen LogP contribution is 2.60. The maximum atomic E-state index is 12.4. The maximum absolute atomic E-state index is 12.4. The van der Waals surface area contributed by atoms with Crippen molar-refractivity contribution in [2.24, 2.45) is 11.8 Å². The summed E-state index contributed by atoms with van der Waals surface area (Å²) in [6.07, 6.45) is 4.37. The molecule has 19 heavy (non-hydrogen) atoms. The van der Waals surface area contributed by atoms with E-state index >= 15 is 0 Å². The van der Waals surface area contributed by atoms with Crippen molar-refractivity contribution in [3.8, 4) is 0 Å². The Bertz CT molecular complexity index is 537. The fourth-order valence-electron chi connectivity index (χ4n) is 3.71. The zero-order valence-electron chi connectivity index (χ0n) is 10.9. The van der Waals surface area contributed by atoms with Crippen LogP contribution in [0.2, 0.25) is 0 Å². The molecule has 3 aliphatic carbocycles. The second kappa shape index (κ2) is 3.99. The Kier molecular flexibility index (Phi) is 2.47. The lowest BCUT2D eigenvalue weighted by Crippen LogP contribution is -2.39. The number of hydrogen-bond donors (Lipinski definition) is 1. The minimum atomic E-state index is -0.0656. The molecule has 1 aromatic rings. The average Bonchev–Trinajstić information content (AvgIpc) is 3.33. The van der Waals surface area contributed by atoms with E-state index in [9.17, 15) is 4.79 Å². The number of hydrogen-bond acceptors (Lipinski definition) is 1. The fourth-order valence-corrected chi connectivity index (χ4v) is 4.05. The molecule has 100 valence electrons. The molecule has 3 unspecified atom stereocenters. The number of halogens is 1. The molecule has 0 spiro atoms. The molecule has 0 bridgehead atoms. The molecule has 2 fully saturated rings. The summed E-state index contributed by atoms with van der Waals surface area (Å²) in [5, 5.41) is 3.20. The fraction of sp³-hybridized carbons (Fsp3) is 0.562. The number of nitrogens with one attached hydrogen (secondary N) is 1. The molecule has 2 saturated carbocycles. The molecule has 0 aliphatic heterocycles. The van der Waals surface area contributed by atoms with Gasteiger partial charge >= 0.3 is 0 Å². The van der Waals surface area contributed by atoms with Gasteiger partial charge in [-0.1, -0.05) is 24.3 Å². The van der Waals surface area contributed by atoms with E-state index in [1.165, 1.54) is 11.1 Å². The first kappa shape index (κ1) is 11.8. The van der Waals surface area contributed by atoms with Crippen LogP contribution in [0.4, 0.5) is 0 Å². The highest BCUT2D eigenvalue weighted by Gasteiger charge is 2.58. The van der Waals surface area contributed by atoms with Crippen LogP contribution >= 0.6 is 11.6 Å². The van der Waals surface area contributed by atoms with Gasteiger partial charge in [-0.15, -0.1) is 11.6 Å². The van der Waals surface area contributed by atoms with Gasteiger partial charge in [0.25, 0.3) is 0 Å². The molecule has 3 atom stereocenters. The molecule has 2 nitrogen and oxygen atoms in total. The van der Waals surface area contributed by atoms with E-state index in [2.05, 4.69) is 29.6 Å². The lowest BCUT2D eigenvalue weighted by Gasteiger charge is -2.14. The van der Waals surface area contributed by atoms with Crippen LogP contribution < -0.4 is 5.32 Å². The van der Waals surface area contributed by atoms with Gasteiger partial charge in [0.2, 0.25) is 5.91 Å². The maximum Gasteiger partial charge on any atom is 0.224 e. The number of aryl methyl sites for hydroxylation is 1. The number of benzene rings is 1. The van der Waals surface area contributed by atoms with E-state index in [4.69, 9.17) is 11.6 Å². The monoisotopic (exact) mass is 275 g/mol. The highest BCUT2D eigenvalue weighted by molar-refractivity contribution is 6.19. The van der Waals surface area contributed by atoms with Crippen LogP contribution in [0.5, 0.6) is 0 Å². The van der Waals surface area contributed by atoms with Gasteiger partial charge in [0.15, 0.2) is 0 Å². The van der Waals surface area contributed by atoms with E-state index in [1.54, 1.807) is 0 Å².